The van der Waals surface area contributed by atoms with E-state index >= 15 is 0 Å². The number of anilines is 2. The van der Waals surface area contributed by atoms with Crippen molar-refractivity contribution in [1.82, 2.24) is 10.6 Å². The molecule has 12 nitrogen and oxygen atoms in total. The monoisotopic (exact) mass is 626 g/mol. The summed E-state index contributed by atoms with van der Waals surface area (Å²) in [5.41, 5.74) is 1.62. The number of rotatable bonds is 15. The first-order valence-electron chi connectivity index (χ1n) is 14.2. The van der Waals surface area contributed by atoms with E-state index in [0.717, 1.165) is 0 Å². The first-order valence-corrected chi connectivity index (χ1v) is 14.2. The summed E-state index contributed by atoms with van der Waals surface area (Å²) in [5, 5.41) is 10.9. The van der Waals surface area contributed by atoms with Crippen molar-refractivity contribution in [2.45, 2.75) is 0 Å². The first kappa shape index (κ1) is 32.9. The van der Waals surface area contributed by atoms with E-state index in [1.807, 2.05) is 0 Å². The summed E-state index contributed by atoms with van der Waals surface area (Å²) in [4.78, 5) is 50.5. The minimum absolute atomic E-state index is 0.115. The number of hydrogen-bond donors (Lipinski definition) is 4. The highest BCUT2D eigenvalue weighted by Gasteiger charge is 2.16. The second-order valence-electron chi connectivity index (χ2n) is 9.63. The van der Waals surface area contributed by atoms with Crippen molar-refractivity contribution in [3.63, 3.8) is 0 Å². The Kier molecular flexibility index (Phi) is 11.9. The van der Waals surface area contributed by atoms with Gasteiger partial charge in [-0.15, -0.1) is 0 Å². The molecule has 0 radical (unpaired) electrons. The summed E-state index contributed by atoms with van der Waals surface area (Å²) in [6.07, 6.45) is 0. The normalized spacial score (nSPS) is 10.2. The maximum Gasteiger partial charge on any atom is 0.262 e. The predicted molar refractivity (Wildman–Crippen MR) is 172 cm³/mol. The molecule has 0 saturated heterocycles. The molecule has 0 aromatic heterocycles. The molecular formula is C34H34N4O8. The molecule has 0 bridgehead atoms. The standard InChI is InChI=1S/C34H34N4O8/c1-43-25-15-11-23(12-16-25)37-31(39)21-45-29-9-5-3-7-27(29)33(41)35-19-20-36-34(42)28-8-4-6-10-30(28)46-22-32(40)38-24-13-17-26(44-2)18-14-24/h3-18H,19-22H2,1-2H3,(H,35,41)(H,36,42)(H,37,39)(H,38,40). The molecule has 0 aliphatic carbocycles. The van der Waals surface area contributed by atoms with Crippen molar-refractivity contribution in [2.75, 3.05) is 51.2 Å². The van der Waals surface area contributed by atoms with Crippen LogP contribution in [0.2, 0.25) is 0 Å². The van der Waals surface area contributed by atoms with Crippen molar-refractivity contribution in [1.29, 1.82) is 0 Å². The highest BCUT2D eigenvalue weighted by molar-refractivity contribution is 5.98. The van der Waals surface area contributed by atoms with Gasteiger partial charge in [0.15, 0.2) is 13.2 Å². The Morgan fingerprint density at radius 3 is 1.26 bits per heavy atom. The number of hydrogen-bond acceptors (Lipinski definition) is 8. The van der Waals surface area contributed by atoms with E-state index < -0.39 is 23.6 Å². The van der Waals surface area contributed by atoms with Gasteiger partial charge >= 0.3 is 0 Å². The first-order chi connectivity index (χ1) is 22.4. The molecule has 4 rings (SSSR count). The Labute approximate surface area is 266 Å². The molecule has 0 saturated carbocycles. The van der Waals surface area contributed by atoms with Crippen LogP contribution in [0.4, 0.5) is 11.4 Å². The van der Waals surface area contributed by atoms with Crippen LogP contribution in [0, 0.1) is 0 Å². The van der Waals surface area contributed by atoms with Gasteiger partial charge in [-0.3, -0.25) is 19.2 Å². The number of amides is 4. The third-order valence-corrected chi connectivity index (χ3v) is 6.42. The van der Waals surface area contributed by atoms with Crippen LogP contribution in [-0.2, 0) is 9.59 Å². The van der Waals surface area contributed by atoms with Crippen molar-refractivity contribution in [3.8, 4) is 23.0 Å². The van der Waals surface area contributed by atoms with Crippen LogP contribution >= 0.6 is 0 Å². The average Bonchev–Trinajstić information content (AvgIpc) is 3.09. The Morgan fingerprint density at radius 1 is 0.522 bits per heavy atom. The van der Waals surface area contributed by atoms with Crippen LogP contribution in [0.5, 0.6) is 23.0 Å². The molecule has 0 aliphatic rings. The Hall–Kier alpha value is -6.04. The predicted octanol–water partition coefficient (Wildman–Crippen LogP) is 3.90. The lowest BCUT2D eigenvalue weighted by molar-refractivity contribution is -0.118. The highest BCUT2D eigenvalue weighted by atomic mass is 16.5. The number of para-hydroxylation sites is 2. The van der Waals surface area contributed by atoms with E-state index in [1.165, 1.54) is 0 Å². The molecule has 0 unspecified atom stereocenters. The van der Waals surface area contributed by atoms with E-state index in [2.05, 4.69) is 21.3 Å². The van der Waals surface area contributed by atoms with Crippen LogP contribution < -0.4 is 40.2 Å². The molecule has 0 heterocycles. The zero-order valence-corrected chi connectivity index (χ0v) is 25.3. The topological polar surface area (TPSA) is 153 Å². The third kappa shape index (κ3) is 9.74. The molecular weight excluding hydrogens is 592 g/mol. The van der Waals surface area contributed by atoms with Crippen LogP contribution in [0.1, 0.15) is 20.7 Å². The fourth-order valence-corrected chi connectivity index (χ4v) is 4.13. The maximum atomic E-state index is 12.9. The number of benzene rings is 4. The number of carbonyl (C=O) groups excluding carboxylic acids is 4. The lowest BCUT2D eigenvalue weighted by Crippen LogP contribution is -2.35. The minimum atomic E-state index is -0.438. The van der Waals surface area contributed by atoms with Crippen LogP contribution in [-0.4, -0.2) is 64.2 Å². The molecule has 12 heteroatoms. The molecule has 0 spiro atoms. The summed E-state index contributed by atoms with van der Waals surface area (Å²) in [5.74, 6) is 0.118. The summed E-state index contributed by atoms with van der Waals surface area (Å²) in [6.45, 7) is -0.387. The van der Waals surface area contributed by atoms with E-state index in [-0.39, 0.29) is 48.9 Å². The summed E-state index contributed by atoms with van der Waals surface area (Å²) in [6, 6.07) is 26.7. The Bertz CT molecular complexity index is 1520. The highest BCUT2D eigenvalue weighted by Crippen LogP contribution is 2.20. The van der Waals surface area contributed by atoms with Gasteiger partial charge in [0.25, 0.3) is 23.6 Å². The zero-order chi connectivity index (χ0) is 32.7. The van der Waals surface area contributed by atoms with Crippen LogP contribution in [0.3, 0.4) is 0 Å². The Balaban J connectivity index is 1.22. The second kappa shape index (κ2) is 16.7. The Morgan fingerprint density at radius 2 is 0.891 bits per heavy atom. The average molecular weight is 627 g/mol. The number of nitrogens with one attached hydrogen (secondary N) is 4. The molecule has 0 aliphatic heterocycles. The lowest BCUT2D eigenvalue weighted by atomic mass is 10.2. The SMILES string of the molecule is COc1ccc(NC(=O)COc2ccccc2C(=O)NCCNC(=O)c2ccccc2OCC(=O)Nc2ccc(OC)cc2)cc1. The lowest BCUT2D eigenvalue weighted by Gasteiger charge is -2.13. The fraction of sp³-hybridized carbons (Fsp3) is 0.176. The number of carbonyl (C=O) groups is 4. The summed E-state index contributed by atoms with van der Waals surface area (Å²) < 4.78 is 21.5. The van der Waals surface area contributed by atoms with Gasteiger partial charge in [0.2, 0.25) is 0 Å². The van der Waals surface area contributed by atoms with Crippen molar-refractivity contribution in [2.24, 2.45) is 0 Å². The number of methoxy groups -OCH3 is 2. The molecule has 4 N–H and O–H groups in total. The van der Waals surface area contributed by atoms with E-state index in [4.69, 9.17) is 18.9 Å². The van der Waals surface area contributed by atoms with Gasteiger partial charge in [0.1, 0.15) is 23.0 Å². The maximum absolute atomic E-state index is 12.9. The molecule has 4 amide bonds. The van der Waals surface area contributed by atoms with Crippen molar-refractivity contribution in [3.05, 3.63) is 108 Å². The zero-order valence-electron chi connectivity index (χ0n) is 25.3. The van der Waals surface area contributed by atoms with Gasteiger partial charge in [-0.05, 0) is 72.8 Å². The smallest absolute Gasteiger partial charge is 0.262 e. The molecule has 46 heavy (non-hydrogen) atoms. The van der Waals surface area contributed by atoms with Crippen molar-refractivity contribution < 1.29 is 38.1 Å². The molecule has 4 aromatic rings. The summed E-state index contributed by atoms with van der Waals surface area (Å²) >= 11 is 0. The third-order valence-electron chi connectivity index (χ3n) is 6.42. The summed E-state index contributed by atoms with van der Waals surface area (Å²) in [7, 11) is 3.11. The molecule has 4 aromatic carbocycles. The molecule has 0 fully saturated rings. The van der Waals surface area contributed by atoms with Gasteiger partial charge < -0.3 is 40.2 Å². The van der Waals surface area contributed by atoms with Crippen LogP contribution in [0.25, 0.3) is 0 Å². The van der Waals surface area contributed by atoms with E-state index in [0.29, 0.717) is 22.9 Å². The van der Waals surface area contributed by atoms with Crippen LogP contribution in [0.15, 0.2) is 97.1 Å². The molecule has 238 valence electrons. The van der Waals surface area contributed by atoms with E-state index in [9.17, 15) is 19.2 Å². The van der Waals surface area contributed by atoms with Gasteiger partial charge in [0, 0.05) is 24.5 Å². The number of ether oxygens (including phenoxy) is 4. The van der Waals surface area contributed by atoms with Gasteiger partial charge in [-0.1, -0.05) is 24.3 Å². The minimum Gasteiger partial charge on any atom is -0.497 e. The largest absolute Gasteiger partial charge is 0.497 e. The van der Waals surface area contributed by atoms with Gasteiger partial charge in [0.05, 0.1) is 25.3 Å². The van der Waals surface area contributed by atoms with Gasteiger partial charge in [-0.2, -0.15) is 0 Å². The van der Waals surface area contributed by atoms with E-state index in [1.54, 1.807) is 111 Å². The quantitative estimate of drug-likeness (QED) is 0.145. The van der Waals surface area contributed by atoms with Crippen molar-refractivity contribution >= 4 is 35.0 Å². The second-order valence-corrected chi connectivity index (χ2v) is 9.63. The van der Waals surface area contributed by atoms with Gasteiger partial charge in [-0.25, -0.2) is 0 Å². The molecule has 0 atom stereocenters. The fourth-order valence-electron chi connectivity index (χ4n) is 4.13.